The Labute approximate surface area is 93.3 Å². The third kappa shape index (κ3) is 2.67. The number of benzene rings is 1. The molecule has 0 aliphatic rings. The van der Waals surface area contributed by atoms with Crippen LogP contribution < -0.4 is 5.43 Å². The second-order valence-electron chi connectivity index (χ2n) is 3.20. The molecule has 15 heavy (non-hydrogen) atoms. The largest absolute Gasteiger partial charge is 0.278 e. The van der Waals surface area contributed by atoms with Crippen molar-refractivity contribution in [2.24, 2.45) is 5.10 Å². The van der Waals surface area contributed by atoms with E-state index >= 15 is 0 Å². The SMILES string of the molecule is Cc1ccccc1N/N=C\c1cccs1. The van der Waals surface area contributed by atoms with Crippen LogP contribution in [0.15, 0.2) is 46.9 Å². The van der Waals surface area contributed by atoms with Crippen LogP contribution in [-0.4, -0.2) is 6.21 Å². The van der Waals surface area contributed by atoms with Gasteiger partial charge in [0.1, 0.15) is 0 Å². The third-order valence-corrected chi connectivity index (χ3v) is 2.87. The van der Waals surface area contributed by atoms with Crippen molar-refractivity contribution in [1.82, 2.24) is 0 Å². The summed E-state index contributed by atoms with van der Waals surface area (Å²) in [5, 5.41) is 6.22. The number of rotatable bonds is 3. The second kappa shape index (κ2) is 4.75. The van der Waals surface area contributed by atoms with Gasteiger partial charge in [-0.25, -0.2) is 0 Å². The summed E-state index contributed by atoms with van der Waals surface area (Å²) in [4.78, 5) is 1.15. The Morgan fingerprint density at radius 1 is 1.20 bits per heavy atom. The van der Waals surface area contributed by atoms with Crippen LogP contribution in [0.2, 0.25) is 0 Å². The lowest BCUT2D eigenvalue weighted by Crippen LogP contribution is -1.91. The molecule has 0 saturated heterocycles. The average molecular weight is 216 g/mol. The summed E-state index contributed by atoms with van der Waals surface area (Å²) < 4.78 is 0. The van der Waals surface area contributed by atoms with Gasteiger partial charge >= 0.3 is 0 Å². The van der Waals surface area contributed by atoms with Crippen molar-refractivity contribution in [3.8, 4) is 0 Å². The highest BCUT2D eigenvalue weighted by molar-refractivity contribution is 7.11. The minimum atomic E-state index is 1.05. The Kier molecular flexibility index (Phi) is 3.15. The van der Waals surface area contributed by atoms with Crippen molar-refractivity contribution in [3.05, 3.63) is 52.2 Å². The van der Waals surface area contributed by atoms with Crippen LogP contribution in [0.3, 0.4) is 0 Å². The Morgan fingerprint density at radius 2 is 2.07 bits per heavy atom. The molecule has 1 N–H and O–H groups in total. The molecule has 2 aromatic rings. The summed E-state index contributed by atoms with van der Waals surface area (Å²) in [6, 6.07) is 12.1. The lowest BCUT2D eigenvalue weighted by atomic mass is 10.2. The van der Waals surface area contributed by atoms with E-state index in [1.54, 1.807) is 11.3 Å². The zero-order valence-corrected chi connectivity index (χ0v) is 9.29. The summed E-state index contributed by atoms with van der Waals surface area (Å²) in [7, 11) is 0. The first-order chi connectivity index (χ1) is 7.36. The zero-order valence-electron chi connectivity index (χ0n) is 8.47. The van der Waals surface area contributed by atoms with Gasteiger partial charge in [-0.05, 0) is 30.0 Å². The van der Waals surface area contributed by atoms with Gasteiger partial charge in [0.05, 0.1) is 11.9 Å². The molecule has 0 amide bonds. The predicted molar refractivity (Wildman–Crippen MR) is 66.7 cm³/mol. The van der Waals surface area contributed by atoms with E-state index < -0.39 is 0 Å². The fourth-order valence-corrected chi connectivity index (χ4v) is 1.81. The summed E-state index contributed by atoms with van der Waals surface area (Å²) in [5.41, 5.74) is 5.27. The number of hydrazone groups is 1. The molecule has 1 heterocycles. The molecule has 0 aliphatic carbocycles. The van der Waals surface area contributed by atoms with Crippen molar-refractivity contribution >= 4 is 23.2 Å². The van der Waals surface area contributed by atoms with Crippen LogP contribution in [0.4, 0.5) is 5.69 Å². The van der Waals surface area contributed by atoms with Crippen LogP contribution in [0, 0.1) is 6.92 Å². The lowest BCUT2D eigenvalue weighted by Gasteiger charge is -2.02. The summed E-state index contributed by atoms with van der Waals surface area (Å²) in [5.74, 6) is 0. The number of anilines is 1. The molecule has 0 saturated carbocycles. The van der Waals surface area contributed by atoms with E-state index in [9.17, 15) is 0 Å². The first-order valence-corrected chi connectivity index (χ1v) is 5.62. The van der Waals surface area contributed by atoms with Gasteiger partial charge in [0.2, 0.25) is 0 Å². The van der Waals surface area contributed by atoms with Gasteiger partial charge in [-0.3, -0.25) is 5.43 Å². The Bertz CT molecular complexity index is 446. The molecular formula is C12H12N2S. The van der Waals surface area contributed by atoms with Crippen molar-refractivity contribution in [2.75, 3.05) is 5.43 Å². The van der Waals surface area contributed by atoms with E-state index in [1.807, 2.05) is 41.9 Å². The van der Waals surface area contributed by atoms with Gasteiger partial charge in [0.15, 0.2) is 0 Å². The normalized spacial score (nSPS) is 10.7. The van der Waals surface area contributed by atoms with Gasteiger partial charge in [-0.15, -0.1) is 11.3 Å². The van der Waals surface area contributed by atoms with E-state index in [1.165, 1.54) is 5.56 Å². The lowest BCUT2D eigenvalue weighted by molar-refractivity contribution is 1.31. The summed E-state index contributed by atoms with van der Waals surface area (Å²) >= 11 is 1.67. The molecular weight excluding hydrogens is 204 g/mol. The number of hydrogen-bond donors (Lipinski definition) is 1. The highest BCUT2D eigenvalue weighted by atomic mass is 32.1. The Balaban J connectivity index is 2.02. The fourth-order valence-electron chi connectivity index (χ4n) is 1.23. The molecule has 0 unspecified atom stereocenters. The van der Waals surface area contributed by atoms with Gasteiger partial charge in [-0.2, -0.15) is 5.10 Å². The molecule has 0 spiro atoms. The number of nitrogens with one attached hydrogen (secondary N) is 1. The van der Waals surface area contributed by atoms with Gasteiger partial charge in [0.25, 0.3) is 0 Å². The maximum atomic E-state index is 4.18. The molecule has 2 rings (SSSR count). The minimum absolute atomic E-state index is 1.05. The standard InChI is InChI=1S/C12H12N2S/c1-10-5-2-3-7-12(10)14-13-9-11-6-4-8-15-11/h2-9,14H,1H3/b13-9-. The molecule has 1 aromatic carbocycles. The Morgan fingerprint density at radius 3 is 2.80 bits per heavy atom. The van der Waals surface area contributed by atoms with Gasteiger partial charge < -0.3 is 0 Å². The summed E-state index contributed by atoms with van der Waals surface area (Å²) in [6.07, 6.45) is 1.83. The van der Waals surface area contributed by atoms with Crippen molar-refractivity contribution in [2.45, 2.75) is 6.92 Å². The van der Waals surface area contributed by atoms with Crippen LogP contribution >= 0.6 is 11.3 Å². The number of hydrogen-bond acceptors (Lipinski definition) is 3. The average Bonchev–Trinajstić information content (AvgIpc) is 2.74. The highest BCUT2D eigenvalue weighted by Crippen LogP contribution is 2.13. The molecule has 3 heteroatoms. The van der Waals surface area contributed by atoms with E-state index in [0.29, 0.717) is 0 Å². The van der Waals surface area contributed by atoms with Gasteiger partial charge in [-0.1, -0.05) is 24.3 Å². The van der Waals surface area contributed by atoms with E-state index in [-0.39, 0.29) is 0 Å². The molecule has 76 valence electrons. The van der Waals surface area contributed by atoms with E-state index in [4.69, 9.17) is 0 Å². The molecule has 0 aliphatic heterocycles. The number of para-hydroxylation sites is 1. The smallest absolute Gasteiger partial charge is 0.0644 e. The molecule has 0 bridgehead atoms. The number of thiophene rings is 1. The first-order valence-electron chi connectivity index (χ1n) is 4.74. The Hall–Kier alpha value is -1.61. The van der Waals surface area contributed by atoms with Crippen LogP contribution in [0.25, 0.3) is 0 Å². The zero-order chi connectivity index (χ0) is 10.5. The third-order valence-electron chi connectivity index (χ3n) is 2.07. The van der Waals surface area contributed by atoms with E-state index in [2.05, 4.69) is 23.5 Å². The van der Waals surface area contributed by atoms with Crippen molar-refractivity contribution < 1.29 is 0 Å². The summed E-state index contributed by atoms with van der Waals surface area (Å²) in [6.45, 7) is 2.06. The monoisotopic (exact) mass is 216 g/mol. The molecule has 2 nitrogen and oxygen atoms in total. The van der Waals surface area contributed by atoms with E-state index in [0.717, 1.165) is 10.6 Å². The van der Waals surface area contributed by atoms with Crippen LogP contribution in [0.1, 0.15) is 10.4 Å². The molecule has 0 atom stereocenters. The first kappa shape index (κ1) is 9.93. The van der Waals surface area contributed by atoms with Crippen LogP contribution in [-0.2, 0) is 0 Å². The quantitative estimate of drug-likeness (QED) is 0.616. The number of aryl methyl sites for hydroxylation is 1. The highest BCUT2D eigenvalue weighted by Gasteiger charge is 1.92. The fraction of sp³-hybridized carbons (Fsp3) is 0.0833. The number of nitrogens with zero attached hydrogens (tertiary/aromatic N) is 1. The van der Waals surface area contributed by atoms with Gasteiger partial charge in [0, 0.05) is 4.88 Å². The molecule has 0 fully saturated rings. The van der Waals surface area contributed by atoms with Crippen molar-refractivity contribution in [1.29, 1.82) is 0 Å². The van der Waals surface area contributed by atoms with Crippen LogP contribution in [0.5, 0.6) is 0 Å². The molecule has 1 aromatic heterocycles. The van der Waals surface area contributed by atoms with Crippen molar-refractivity contribution in [3.63, 3.8) is 0 Å². The second-order valence-corrected chi connectivity index (χ2v) is 4.18. The predicted octanol–water partition coefficient (Wildman–Crippen LogP) is 3.50. The minimum Gasteiger partial charge on any atom is -0.278 e. The topological polar surface area (TPSA) is 24.4 Å². The maximum Gasteiger partial charge on any atom is 0.0644 e. The molecule has 0 radical (unpaired) electrons. The maximum absolute atomic E-state index is 4.18.